The summed E-state index contributed by atoms with van der Waals surface area (Å²) in [5, 5.41) is 0. The summed E-state index contributed by atoms with van der Waals surface area (Å²) < 4.78 is 23.6. The van der Waals surface area contributed by atoms with Crippen molar-refractivity contribution in [3.63, 3.8) is 0 Å². The van der Waals surface area contributed by atoms with Crippen LogP contribution in [-0.4, -0.2) is 49.1 Å². The molecular weight excluding hydrogens is 536 g/mol. The predicted octanol–water partition coefficient (Wildman–Crippen LogP) is 6.20. The Morgan fingerprint density at radius 2 is 1.45 bits per heavy atom. The van der Waals surface area contributed by atoms with E-state index in [1.807, 2.05) is 6.92 Å². The standard InChI is InChI=1S/C34H52O8/c1-19(9-12-29(38)39-8)25-10-11-26-30-27(14-16-33(25,26)6)34(7)15-13-24(41-22(4)36)18-28(34)31(42-23(5)37)32(30)40-21(3)17-20(2)35/h17,19,24-28,30-32H,9-16,18H2,1-8H3/t19-,24-,25-,26+,27+,28+,30+,31+,32-,33-,34-/m1/s1. The van der Waals surface area contributed by atoms with Gasteiger partial charge in [-0.15, -0.1) is 0 Å². The molecule has 4 rings (SSSR count). The number of methoxy groups -OCH3 is 1. The first-order valence-corrected chi connectivity index (χ1v) is 16.0. The van der Waals surface area contributed by atoms with E-state index < -0.39 is 12.2 Å². The third-order valence-corrected chi connectivity index (χ3v) is 11.8. The molecule has 0 unspecified atom stereocenters. The van der Waals surface area contributed by atoms with Gasteiger partial charge in [-0.3, -0.25) is 19.2 Å². The average Bonchev–Trinajstić information content (AvgIpc) is 3.25. The number of fused-ring (bicyclic) bond motifs is 5. The van der Waals surface area contributed by atoms with Crippen molar-refractivity contribution in [3.8, 4) is 0 Å². The number of carbonyl (C=O) groups is 4. The fourth-order valence-electron chi connectivity index (χ4n) is 10.2. The molecule has 11 atom stereocenters. The highest BCUT2D eigenvalue weighted by Crippen LogP contribution is 2.69. The third kappa shape index (κ3) is 6.28. The van der Waals surface area contributed by atoms with Gasteiger partial charge in [0.15, 0.2) is 5.78 Å². The van der Waals surface area contributed by atoms with Crippen LogP contribution in [0.5, 0.6) is 0 Å². The average molecular weight is 589 g/mol. The van der Waals surface area contributed by atoms with Gasteiger partial charge in [0.1, 0.15) is 18.3 Å². The van der Waals surface area contributed by atoms with Crippen LogP contribution >= 0.6 is 0 Å². The topological polar surface area (TPSA) is 105 Å². The van der Waals surface area contributed by atoms with Crippen molar-refractivity contribution in [2.24, 2.45) is 46.3 Å². The Morgan fingerprint density at radius 3 is 2.07 bits per heavy atom. The Morgan fingerprint density at radius 1 is 0.810 bits per heavy atom. The quantitative estimate of drug-likeness (QED) is 0.136. The monoisotopic (exact) mass is 588 g/mol. The SMILES string of the molecule is COC(=O)CC[C@@H](C)[C@H]1CC[C@H]2[C@@H]3[C@@H](OC(C)=CC(C)=O)[C@@H](OC(C)=O)[C@@H]4C[C@H](OC(C)=O)CC[C@]4(C)[C@H]3CC[C@]12C. The molecule has 0 aromatic carbocycles. The molecule has 0 amide bonds. The van der Waals surface area contributed by atoms with Crippen molar-refractivity contribution in [2.75, 3.05) is 7.11 Å². The third-order valence-electron chi connectivity index (χ3n) is 11.8. The molecule has 0 aromatic rings. The number of hydrogen-bond donors (Lipinski definition) is 0. The Balaban J connectivity index is 1.74. The smallest absolute Gasteiger partial charge is 0.305 e. The van der Waals surface area contributed by atoms with Crippen LogP contribution in [0.3, 0.4) is 0 Å². The zero-order valence-corrected chi connectivity index (χ0v) is 26.9. The van der Waals surface area contributed by atoms with Gasteiger partial charge in [-0.2, -0.15) is 0 Å². The minimum atomic E-state index is -0.513. The molecule has 236 valence electrons. The van der Waals surface area contributed by atoms with Crippen LogP contribution in [0.25, 0.3) is 0 Å². The zero-order chi connectivity index (χ0) is 31.0. The molecule has 0 spiro atoms. The number of carbonyl (C=O) groups excluding carboxylic acids is 4. The molecule has 0 N–H and O–H groups in total. The van der Waals surface area contributed by atoms with E-state index in [0.717, 1.165) is 44.9 Å². The Bertz CT molecular complexity index is 1080. The molecule has 8 heteroatoms. The van der Waals surface area contributed by atoms with Crippen molar-refractivity contribution in [1.29, 1.82) is 0 Å². The summed E-state index contributed by atoms with van der Waals surface area (Å²) in [6.07, 6.45) is 8.24. The molecule has 4 saturated carbocycles. The van der Waals surface area contributed by atoms with Crippen LogP contribution in [0.2, 0.25) is 0 Å². The predicted molar refractivity (Wildman–Crippen MR) is 157 cm³/mol. The molecule has 0 aromatic heterocycles. The summed E-state index contributed by atoms with van der Waals surface area (Å²) in [5.74, 6) is 1.32. The van der Waals surface area contributed by atoms with Gasteiger partial charge < -0.3 is 18.9 Å². The van der Waals surface area contributed by atoms with E-state index in [9.17, 15) is 19.2 Å². The van der Waals surface area contributed by atoms with E-state index in [2.05, 4.69) is 20.8 Å². The maximum Gasteiger partial charge on any atom is 0.305 e. The summed E-state index contributed by atoms with van der Waals surface area (Å²) >= 11 is 0. The van der Waals surface area contributed by atoms with E-state index in [-0.39, 0.29) is 52.5 Å². The largest absolute Gasteiger partial charge is 0.491 e. The van der Waals surface area contributed by atoms with E-state index in [4.69, 9.17) is 18.9 Å². The van der Waals surface area contributed by atoms with Crippen molar-refractivity contribution in [3.05, 3.63) is 11.8 Å². The summed E-state index contributed by atoms with van der Waals surface area (Å²) in [5.41, 5.74) is -0.0369. The summed E-state index contributed by atoms with van der Waals surface area (Å²) in [6.45, 7) is 13.3. The van der Waals surface area contributed by atoms with Crippen LogP contribution in [0.4, 0.5) is 0 Å². The first-order valence-electron chi connectivity index (χ1n) is 16.0. The highest BCUT2D eigenvalue weighted by atomic mass is 16.6. The summed E-state index contributed by atoms with van der Waals surface area (Å²) in [7, 11) is 1.44. The molecule has 4 aliphatic rings. The van der Waals surface area contributed by atoms with Crippen LogP contribution in [0.15, 0.2) is 11.8 Å². The summed E-state index contributed by atoms with van der Waals surface area (Å²) in [4.78, 5) is 48.5. The highest BCUT2D eigenvalue weighted by molar-refractivity contribution is 5.87. The molecule has 0 aliphatic heterocycles. The zero-order valence-electron chi connectivity index (χ0n) is 26.9. The molecule has 42 heavy (non-hydrogen) atoms. The maximum absolute atomic E-state index is 12.6. The minimum Gasteiger partial charge on any atom is -0.491 e. The van der Waals surface area contributed by atoms with Crippen LogP contribution in [-0.2, 0) is 38.1 Å². The second-order valence-electron chi connectivity index (χ2n) is 14.3. The Labute approximate surface area is 251 Å². The van der Waals surface area contributed by atoms with Crippen molar-refractivity contribution in [2.45, 2.75) is 125 Å². The van der Waals surface area contributed by atoms with Crippen LogP contribution in [0, 0.1) is 46.3 Å². The lowest BCUT2D eigenvalue weighted by molar-refractivity contribution is -0.238. The lowest BCUT2D eigenvalue weighted by Gasteiger charge is -2.64. The lowest BCUT2D eigenvalue weighted by Crippen LogP contribution is -2.65. The molecule has 0 saturated heterocycles. The van der Waals surface area contributed by atoms with Gasteiger partial charge in [-0.1, -0.05) is 20.8 Å². The van der Waals surface area contributed by atoms with Crippen molar-refractivity contribution < 1.29 is 38.1 Å². The molecule has 0 heterocycles. The molecule has 0 radical (unpaired) electrons. The summed E-state index contributed by atoms with van der Waals surface area (Å²) in [6, 6.07) is 0. The van der Waals surface area contributed by atoms with Gasteiger partial charge in [0, 0.05) is 38.2 Å². The number of hydrogen-bond acceptors (Lipinski definition) is 8. The van der Waals surface area contributed by atoms with Crippen molar-refractivity contribution >= 4 is 23.7 Å². The fourth-order valence-corrected chi connectivity index (χ4v) is 10.2. The molecule has 8 nitrogen and oxygen atoms in total. The van der Waals surface area contributed by atoms with E-state index in [1.54, 1.807) is 0 Å². The van der Waals surface area contributed by atoms with Gasteiger partial charge >= 0.3 is 17.9 Å². The van der Waals surface area contributed by atoms with Crippen LogP contribution < -0.4 is 0 Å². The number of rotatable bonds is 9. The molecule has 4 aliphatic carbocycles. The maximum atomic E-state index is 12.6. The Hall–Kier alpha value is -2.38. The number of esters is 3. The molecule has 4 fully saturated rings. The lowest BCUT2D eigenvalue weighted by atomic mass is 9.43. The molecule has 0 bridgehead atoms. The second kappa shape index (κ2) is 12.7. The Kier molecular flexibility index (Phi) is 9.83. The normalized spacial score (nSPS) is 40.0. The van der Waals surface area contributed by atoms with Gasteiger partial charge in [0.05, 0.1) is 12.9 Å². The van der Waals surface area contributed by atoms with Crippen LogP contribution in [0.1, 0.15) is 106 Å². The number of ether oxygens (including phenoxy) is 4. The number of ketones is 1. The van der Waals surface area contributed by atoms with Gasteiger partial charge in [-0.25, -0.2) is 0 Å². The molecular formula is C34H52O8. The van der Waals surface area contributed by atoms with E-state index in [1.165, 1.54) is 34.0 Å². The van der Waals surface area contributed by atoms with E-state index >= 15 is 0 Å². The van der Waals surface area contributed by atoms with Gasteiger partial charge in [0.2, 0.25) is 0 Å². The number of allylic oxidation sites excluding steroid dienone is 2. The first kappa shape index (κ1) is 32.5. The first-order chi connectivity index (χ1) is 19.7. The van der Waals surface area contributed by atoms with E-state index in [0.29, 0.717) is 42.3 Å². The second-order valence-corrected chi connectivity index (χ2v) is 14.3. The highest BCUT2D eigenvalue weighted by Gasteiger charge is 2.67. The van der Waals surface area contributed by atoms with Crippen molar-refractivity contribution in [1.82, 2.24) is 0 Å². The fraction of sp³-hybridized carbons (Fsp3) is 0.824. The van der Waals surface area contributed by atoms with Gasteiger partial charge in [-0.05, 0) is 99.7 Å². The van der Waals surface area contributed by atoms with Gasteiger partial charge in [0.25, 0.3) is 0 Å². The minimum absolute atomic E-state index is 0.0311.